The molecular formula is C12H14N2O3S2. The molecule has 0 spiro atoms. The van der Waals surface area contributed by atoms with Crippen LogP contribution in [-0.4, -0.2) is 30.0 Å². The van der Waals surface area contributed by atoms with Crippen LogP contribution >= 0.6 is 23.1 Å². The molecular weight excluding hydrogens is 284 g/mol. The van der Waals surface area contributed by atoms with Gasteiger partial charge in [-0.05, 0) is 25.5 Å². The minimum Gasteiger partial charge on any atom is -0.462 e. The molecule has 1 aromatic rings. The largest absolute Gasteiger partial charge is 0.462 e. The number of carbonyl (C=O) groups is 2. The van der Waals surface area contributed by atoms with Crippen molar-refractivity contribution in [3.63, 3.8) is 0 Å². The molecule has 19 heavy (non-hydrogen) atoms. The lowest BCUT2D eigenvalue weighted by Gasteiger charge is -2.00. The molecule has 102 valence electrons. The van der Waals surface area contributed by atoms with Gasteiger partial charge in [-0.3, -0.25) is 4.79 Å². The second-order valence-electron chi connectivity index (χ2n) is 3.54. The number of carbonyl (C=O) groups excluding carboxylic acids is 2. The van der Waals surface area contributed by atoms with Crippen molar-refractivity contribution in [3.8, 4) is 6.07 Å². The number of thiophene rings is 1. The average Bonchev–Trinajstić information content (AvgIpc) is 2.71. The van der Waals surface area contributed by atoms with Crippen LogP contribution in [0.5, 0.6) is 0 Å². The van der Waals surface area contributed by atoms with Gasteiger partial charge < -0.3 is 10.1 Å². The molecule has 0 unspecified atom stereocenters. The van der Waals surface area contributed by atoms with Crippen LogP contribution in [-0.2, 0) is 9.53 Å². The molecule has 1 heterocycles. The van der Waals surface area contributed by atoms with Crippen LogP contribution in [0.15, 0.2) is 6.07 Å². The van der Waals surface area contributed by atoms with E-state index in [-0.39, 0.29) is 23.4 Å². The van der Waals surface area contributed by atoms with Crippen LogP contribution in [0.1, 0.15) is 22.2 Å². The fourth-order valence-corrected chi connectivity index (χ4v) is 2.74. The Kier molecular flexibility index (Phi) is 6.39. The van der Waals surface area contributed by atoms with Crippen LogP contribution in [0.3, 0.4) is 0 Å². The number of aryl methyl sites for hydroxylation is 1. The van der Waals surface area contributed by atoms with E-state index in [9.17, 15) is 9.59 Å². The number of ether oxygens (including phenoxy) is 1. The Hall–Kier alpha value is -1.52. The first-order valence-electron chi connectivity index (χ1n) is 5.60. The lowest BCUT2D eigenvalue weighted by atomic mass is 10.3. The monoisotopic (exact) mass is 298 g/mol. The molecule has 0 saturated carbocycles. The summed E-state index contributed by atoms with van der Waals surface area (Å²) in [5.41, 5.74) is 0.781. The van der Waals surface area contributed by atoms with Crippen LogP contribution in [0.25, 0.3) is 0 Å². The number of nitrogens with one attached hydrogen (secondary N) is 1. The topological polar surface area (TPSA) is 79.2 Å². The van der Waals surface area contributed by atoms with Gasteiger partial charge in [-0.1, -0.05) is 0 Å². The summed E-state index contributed by atoms with van der Waals surface area (Å²) in [5.74, 6) is -0.0502. The molecule has 0 aliphatic heterocycles. The van der Waals surface area contributed by atoms with Crippen LogP contribution in [0.4, 0.5) is 5.00 Å². The van der Waals surface area contributed by atoms with Gasteiger partial charge in [0.05, 0.1) is 29.2 Å². The third-order valence-corrected chi connectivity index (χ3v) is 3.97. The Bertz CT molecular complexity index is 506. The SMILES string of the molecule is CCOC(=O)c1sc(NC(=O)CSCC#N)cc1C. The van der Waals surface area contributed by atoms with Crippen LogP contribution in [0, 0.1) is 18.3 Å². The number of hydrogen-bond acceptors (Lipinski definition) is 6. The maximum atomic E-state index is 11.6. The number of thioether (sulfide) groups is 1. The van der Waals surface area contributed by atoms with Gasteiger partial charge in [0.25, 0.3) is 0 Å². The van der Waals surface area contributed by atoms with Gasteiger partial charge in [-0.15, -0.1) is 23.1 Å². The highest BCUT2D eigenvalue weighted by Crippen LogP contribution is 2.27. The number of esters is 1. The molecule has 0 saturated heterocycles. The fourth-order valence-electron chi connectivity index (χ4n) is 1.31. The van der Waals surface area contributed by atoms with Crippen molar-refractivity contribution in [2.45, 2.75) is 13.8 Å². The van der Waals surface area contributed by atoms with E-state index in [0.717, 1.165) is 5.56 Å². The second-order valence-corrected chi connectivity index (χ2v) is 5.58. The molecule has 0 aliphatic rings. The third kappa shape index (κ3) is 4.93. The highest BCUT2D eigenvalue weighted by Gasteiger charge is 2.15. The van der Waals surface area contributed by atoms with E-state index in [1.54, 1.807) is 19.9 Å². The molecule has 0 aliphatic carbocycles. The third-order valence-electron chi connectivity index (χ3n) is 2.04. The number of rotatable bonds is 6. The maximum absolute atomic E-state index is 11.6. The molecule has 7 heteroatoms. The quantitative estimate of drug-likeness (QED) is 0.644. The van der Waals surface area contributed by atoms with Gasteiger partial charge in [0.2, 0.25) is 5.91 Å². The first-order valence-corrected chi connectivity index (χ1v) is 7.57. The number of amides is 1. The molecule has 1 N–H and O–H groups in total. The molecule has 1 aromatic heterocycles. The summed E-state index contributed by atoms with van der Waals surface area (Å²) in [4.78, 5) is 23.7. The Morgan fingerprint density at radius 1 is 1.58 bits per heavy atom. The lowest BCUT2D eigenvalue weighted by Crippen LogP contribution is -2.13. The Morgan fingerprint density at radius 3 is 2.95 bits per heavy atom. The zero-order valence-corrected chi connectivity index (χ0v) is 12.3. The van der Waals surface area contributed by atoms with Crippen molar-refractivity contribution in [1.29, 1.82) is 5.26 Å². The number of anilines is 1. The van der Waals surface area contributed by atoms with Crippen molar-refractivity contribution in [2.24, 2.45) is 0 Å². The van der Waals surface area contributed by atoms with E-state index in [2.05, 4.69) is 5.32 Å². The fraction of sp³-hybridized carbons (Fsp3) is 0.417. The summed E-state index contributed by atoms with van der Waals surface area (Å²) in [6.45, 7) is 3.86. The first kappa shape index (κ1) is 15.5. The molecule has 0 aromatic carbocycles. The smallest absolute Gasteiger partial charge is 0.348 e. The highest BCUT2D eigenvalue weighted by atomic mass is 32.2. The minimum atomic E-state index is -0.371. The van der Waals surface area contributed by atoms with Crippen LogP contribution < -0.4 is 5.32 Å². The highest BCUT2D eigenvalue weighted by molar-refractivity contribution is 8.00. The second kappa shape index (κ2) is 7.81. The normalized spacial score (nSPS) is 9.74. The predicted octanol–water partition coefficient (Wildman–Crippen LogP) is 2.43. The van der Waals surface area contributed by atoms with Crippen LogP contribution in [0.2, 0.25) is 0 Å². The molecule has 0 fully saturated rings. The van der Waals surface area contributed by atoms with Crippen molar-refractivity contribution < 1.29 is 14.3 Å². The van der Waals surface area contributed by atoms with E-state index >= 15 is 0 Å². The van der Waals surface area contributed by atoms with Crippen molar-refractivity contribution >= 4 is 40.0 Å². The average molecular weight is 298 g/mol. The standard InChI is InChI=1S/C12H14N2O3S2/c1-3-17-12(16)11-8(2)6-10(19-11)14-9(15)7-18-5-4-13/h6H,3,5,7H2,1-2H3,(H,14,15). The number of nitriles is 1. The summed E-state index contributed by atoms with van der Waals surface area (Å²) in [7, 11) is 0. The van der Waals surface area contributed by atoms with Gasteiger partial charge in [-0.25, -0.2) is 4.79 Å². The molecule has 0 atom stereocenters. The maximum Gasteiger partial charge on any atom is 0.348 e. The zero-order chi connectivity index (χ0) is 14.3. The zero-order valence-electron chi connectivity index (χ0n) is 10.7. The first-order chi connectivity index (χ1) is 9.08. The minimum absolute atomic E-state index is 0.183. The summed E-state index contributed by atoms with van der Waals surface area (Å²) < 4.78 is 4.93. The summed E-state index contributed by atoms with van der Waals surface area (Å²) in [6.07, 6.45) is 0. The molecule has 5 nitrogen and oxygen atoms in total. The van der Waals surface area contributed by atoms with E-state index in [4.69, 9.17) is 10.00 Å². The molecule has 1 rings (SSSR count). The van der Waals surface area contributed by atoms with Crippen molar-refractivity contribution in [2.75, 3.05) is 23.4 Å². The predicted molar refractivity (Wildman–Crippen MR) is 76.6 cm³/mol. The van der Waals surface area contributed by atoms with Gasteiger partial charge in [0, 0.05) is 0 Å². The lowest BCUT2D eigenvalue weighted by molar-refractivity contribution is -0.113. The van der Waals surface area contributed by atoms with E-state index in [0.29, 0.717) is 16.5 Å². The van der Waals surface area contributed by atoms with Gasteiger partial charge >= 0.3 is 5.97 Å². The number of nitrogens with zero attached hydrogens (tertiary/aromatic N) is 1. The Labute approximate surface area is 119 Å². The Morgan fingerprint density at radius 2 is 2.32 bits per heavy atom. The molecule has 0 bridgehead atoms. The summed E-state index contributed by atoms with van der Waals surface area (Å²) >= 11 is 2.44. The van der Waals surface area contributed by atoms with Crippen molar-refractivity contribution in [1.82, 2.24) is 0 Å². The van der Waals surface area contributed by atoms with E-state index < -0.39 is 0 Å². The molecule has 1 amide bonds. The van der Waals surface area contributed by atoms with Crippen molar-refractivity contribution in [3.05, 3.63) is 16.5 Å². The Balaban J connectivity index is 2.61. The number of hydrogen-bond donors (Lipinski definition) is 1. The van der Waals surface area contributed by atoms with E-state index in [1.165, 1.54) is 23.1 Å². The molecule has 0 radical (unpaired) electrons. The summed E-state index contributed by atoms with van der Waals surface area (Å²) in [5, 5.41) is 11.7. The van der Waals surface area contributed by atoms with Gasteiger partial charge in [0.1, 0.15) is 4.88 Å². The summed E-state index contributed by atoms with van der Waals surface area (Å²) in [6, 6.07) is 3.69. The van der Waals surface area contributed by atoms with E-state index in [1.807, 2.05) is 6.07 Å². The van der Waals surface area contributed by atoms with Gasteiger partial charge in [0.15, 0.2) is 0 Å². The van der Waals surface area contributed by atoms with Gasteiger partial charge in [-0.2, -0.15) is 5.26 Å².